The Morgan fingerprint density at radius 1 is 0.852 bits per heavy atom. The van der Waals surface area contributed by atoms with Gasteiger partial charge in [0.05, 0.1) is 5.57 Å². The molecule has 0 bridgehead atoms. The number of para-hydroxylation sites is 1. The molecule has 0 radical (unpaired) electrons. The van der Waals surface area contributed by atoms with Gasteiger partial charge in [-0.2, -0.15) is 0 Å². The minimum absolute atomic E-state index is 0.0869. The normalized spacial score (nSPS) is 17.0. The smallest absolute Gasteiger partial charge is 0.265 e. The summed E-state index contributed by atoms with van der Waals surface area (Å²) in [5.74, 6) is 0.523. The fraction of sp³-hybridized carbons (Fsp3) is 0.0870. The molecule has 0 N–H and O–H groups in total. The van der Waals surface area contributed by atoms with Crippen LogP contribution in [0.5, 0.6) is 0 Å². The second-order valence-electron chi connectivity index (χ2n) is 6.33. The molecule has 4 rings (SSSR count). The zero-order valence-corrected chi connectivity index (χ0v) is 15.6. The van der Waals surface area contributed by atoms with Crippen molar-refractivity contribution in [3.8, 4) is 0 Å². The van der Waals surface area contributed by atoms with E-state index in [1.807, 2.05) is 79.7 Å². The molecule has 3 nitrogen and oxygen atoms in total. The zero-order valence-electron chi connectivity index (χ0n) is 14.8. The van der Waals surface area contributed by atoms with Crippen molar-refractivity contribution in [3.05, 3.63) is 107 Å². The second kappa shape index (κ2) is 7.29. The predicted molar refractivity (Wildman–Crippen MR) is 108 cm³/mol. The molecule has 0 spiro atoms. The molecule has 1 atom stereocenters. The quantitative estimate of drug-likeness (QED) is 0.576. The van der Waals surface area contributed by atoms with E-state index in [2.05, 4.69) is 0 Å². The average Bonchev–Trinajstić information content (AvgIpc) is 2.70. The van der Waals surface area contributed by atoms with Gasteiger partial charge in [0, 0.05) is 16.3 Å². The van der Waals surface area contributed by atoms with Crippen LogP contribution in [0.2, 0.25) is 5.02 Å². The number of nitrogens with zero attached hydrogens (tertiary/aromatic N) is 1. The number of rotatable bonds is 3. The summed E-state index contributed by atoms with van der Waals surface area (Å²) >= 11 is 6.03. The third-order valence-corrected chi connectivity index (χ3v) is 4.81. The van der Waals surface area contributed by atoms with Crippen LogP contribution in [0.1, 0.15) is 24.3 Å². The average molecular weight is 376 g/mol. The third-order valence-electron chi connectivity index (χ3n) is 4.56. The first-order valence-electron chi connectivity index (χ1n) is 8.72. The lowest BCUT2D eigenvalue weighted by atomic mass is 10.00. The van der Waals surface area contributed by atoms with Crippen LogP contribution in [-0.2, 0) is 9.53 Å². The van der Waals surface area contributed by atoms with Crippen molar-refractivity contribution in [3.63, 3.8) is 0 Å². The van der Waals surface area contributed by atoms with Gasteiger partial charge in [0.15, 0.2) is 0 Å². The van der Waals surface area contributed by atoms with Crippen LogP contribution in [0.4, 0.5) is 5.69 Å². The molecule has 0 aliphatic carbocycles. The molecule has 1 heterocycles. The molecule has 3 aromatic carbocycles. The number of allylic oxidation sites excluding steroid dienone is 1. The highest BCUT2D eigenvalue weighted by Crippen LogP contribution is 2.39. The Morgan fingerprint density at radius 2 is 1.44 bits per heavy atom. The fourth-order valence-electron chi connectivity index (χ4n) is 3.27. The maximum atomic E-state index is 13.5. The predicted octanol–water partition coefficient (Wildman–Crippen LogP) is 5.83. The summed E-state index contributed by atoms with van der Waals surface area (Å²) in [6.45, 7) is 1.84. The Kier molecular flexibility index (Phi) is 4.69. The van der Waals surface area contributed by atoms with Crippen molar-refractivity contribution in [2.75, 3.05) is 4.90 Å². The Morgan fingerprint density at radius 3 is 2.07 bits per heavy atom. The number of carbonyl (C=O) groups is 1. The van der Waals surface area contributed by atoms with E-state index in [1.165, 1.54) is 0 Å². The van der Waals surface area contributed by atoms with Gasteiger partial charge in [-0.25, -0.2) is 0 Å². The van der Waals surface area contributed by atoms with Crippen LogP contribution in [0.25, 0.3) is 5.57 Å². The molecular formula is C23H18ClNO2. The number of ether oxygens (including phenoxy) is 1. The van der Waals surface area contributed by atoms with E-state index in [4.69, 9.17) is 16.3 Å². The van der Waals surface area contributed by atoms with Gasteiger partial charge in [0.25, 0.3) is 5.91 Å². The van der Waals surface area contributed by atoms with Crippen molar-refractivity contribution in [2.45, 2.75) is 13.2 Å². The molecular weight excluding hydrogens is 358 g/mol. The van der Waals surface area contributed by atoms with Crippen LogP contribution in [-0.4, -0.2) is 5.91 Å². The molecule has 4 heteroatoms. The van der Waals surface area contributed by atoms with Gasteiger partial charge in [0.1, 0.15) is 5.76 Å². The molecule has 0 saturated heterocycles. The second-order valence-corrected chi connectivity index (χ2v) is 6.77. The summed E-state index contributed by atoms with van der Waals surface area (Å²) in [5, 5.41) is 0.643. The molecule has 0 saturated carbocycles. The summed E-state index contributed by atoms with van der Waals surface area (Å²) in [5.41, 5.74) is 3.06. The van der Waals surface area contributed by atoms with E-state index in [9.17, 15) is 4.79 Å². The monoisotopic (exact) mass is 375 g/mol. The minimum Gasteiger partial charge on any atom is -0.470 e. The topological polar surface area (TPSA) is 29.5 Å². The molecule has 1 aliphatic heterocycles. The van der Waals surface area contributed by atoms with Crippen LogP contribution in [0.15, 0.2) is 90.7 Å². The van der Waals surface area contributed by atoms with Gasteiger partial charge >= 0.3 is 0 Å². The number of anilines is 1. The SMILES string of the molecule is CC1=C(c2ccccc2)C(=O)N(c2ccccc2)C(c2ccc(Cl)cc2)O1. The molecule has 134 valence electrons. The summed E-state index contributed by atoms with van der Waals surface area (Å²) in [4.78, 5) is 15.2. The number of carbonyl (C=O) groups excluding carboxylic acids is 1. The fourth-order valence-corrected chi connectivity index (χ4v) is 3.40. The van der Waals surface area contributed by atoms with Gasteiger partial charge in [-0.05, 0) is 36.8 Å². The number of hydrogen-bond acceptors (Lipinski definition) is 2. The van der Waals surface area contributed by atoms with E-state index in [0.29, 0.717) is 16.4 Å². The van der Waals surface area contributed by atoms with Crippen LogP contribution >= 0.6 is 11.6 Å². The van der Waals surface area contributed by atoms with E-state index in [-0.39, 0.29) is 5.91 Å². The highest BCUT2D eigenvalue weighted by Gasteiger charge is 2.36. The van der Waals surface area contributed by atoms with Crippen molar-refractivity contribution < 1.29 is 9.53 Å². The van der Waals surface area contributed by atoms with Crippen LogP contribution in [0.3, 0.4) is 0 Å². The summed E-state index contributed by atoms with van der Waals surface area (Å²) < 4.78 is 6.26. The Balaban J connectivity index is 1.85. The van der Waals surface area contributed by atoms with Crippen LogP contribution < -0.4 is 4.90 Å². The molecule has 0 fully saturated rings. The number of amides is 1. The first-order valence-corrected chi connectivity index (χ1v) is 9.10. The highest BCUT2D eigenvalue weighted by atomic mass is 35.5. The molecule has 3 aromatic rings. The number of hydrogen-bond donors (Lipinski definition) is 0. The Bertz CT molecular complexity index is 982. The van der Waals surface area contributed by atoms with Gasteiger partial charge in [-0.1, -0.05) is 72.3 Å². The van der Waals surface area contributed by atoms with E-state index in [0.717, 1.165) is 16.8 Å². The van der Waals surface area contributed by atoms with Gasteiger partial charge < -0.3 is 4.74 Å². The third kappa shape index (κ3) is 3.34. The van der Waals surface area contributed by atoms with Gasteiger partial charge in [-0.15, -0.1) is 0 Å². The van der Waals surface area contributed by atoms with Gasteiger partial charge in [-0.3, -0.25) is 9.69 Å². The standard InChI is InChI=1S/C23H18ClNO2/c1-16-21(17-8-4-2-5-9-17)22(26)25(20-10-6-3-7-11-20)23(27-16)18-12-14-19(24)15-13-18/h2-15,23H,1H3. The first kappa shape index (κ1) is 17.4. The number of halogens is 1. The maximum Gasteiger partial charge on any atom is 0.265 e. The van der Waals surface area contributed by atoms with Crippen molar-refractivity contribution >= 4 is 28.8 Å². The van der Waals surface area contributed by atoms with E-state index < -0.39 is 6.23 Å². The van der Waals surface area contributed by atoms with E-state index in [1.54, 1.807) is 17.0 Å². The maximum absolute atomic E-state index is 13.5. The Labute approximate surface area is 163 Å². The first-order chi connectivity index (χ1) is 13.1. The lowest BCUT2D eigenvalue weighted by molar-refractivity contribution is -0.117. The lowest BCUT2D eigenvalue weighted by Gasteiger charge is -2.37. The van der Waals surface area contributed by atoms with Crippen molar-refractivity contribution in [2.24, 2.45) is 0 Å². The van der Waals surface area contributed by atoms with Crippen LogP contribution in [0, 0.1) is 0 Å². The summed E-state index contributed by atoms with van der Waals surface area (Å²) in [6, 6.07) is 26.6. The lowest BCUT2D eigenvalue weighted by Crippen LogP contribution is -2.40. The Hall–Kier alpha value is -3.04. The largest absolute Gasteiger partial charge is 0.470 e. The molecule has 1 unspecified atom stereocenters. The zero-order chi connectivity index (χ0) is 18.8. The van der Waals surface area contributed by atoms with Gasteiger partial charge in [0.2, 0.25) is 6.23 Å². The highest BCUT2D eigenvalue weighted by molar-refractivity contribution is 6.30. The molecule has 1 amide bonds. The van der Waals surface area contributed by atoms with Crippen molar-refractivity contribution in [1.29, 1.82) is 0 Å². The molecule has 27 heavy (non-hydrogen) atoms. The minimum atomic E-state index is -0.551. The van der Waals surface area contributed by atoms with E-state index >= 15 is 0 Å². The van der Waals surface area contributed by atoms with Crippen molar-refractivity contribution in [1.82, 2.24) is 0 Å². The summed E-state index contributed by atoms with van der Waals surface area (Å²) in [6.07, 6.45) is -0.551. The molecule has 0 aromatic heterocycles. The molecule has 1 aliphatic rings. The number of benzene rings is 3. The summed E-state index contributed by atoms with van der Waals surface area (Å²) in [7, 11) is 0.